The molecule has 0 saturated carbocycles. The molecule has 0 aliphatic heterocycles. The van der Waals surface area contributed by atoms with Crippen LogP contribution in [0.4, 0.5) is 0 Å². The number of thiazole rings is 1. The number of nitrogens with two attached hydrogens (primary N) is 1. The maximum atomic E-state index is 5.66. The number of aromatic nitrogens is 3. The van der Waals surface area contributed by atoms with Gasteiger partial charge in [-0.2, -0.15) is 5.10 Å². The van der Waals surface area contributed by atoms with Crippen molar-refractivity contribution in [3.8, 4) is 0 Å². The SMILES string of the molecule is CCC(C)n1ccc(CC(Cc2csc(C)n2)NN)n1. The van der Waals surface area contributed by atoms with E-state index in [2.05, 4.69) is 40.8 Å². The predicted molar refractivity (Wildman–Crippen MR) is 82.6 cm³/mol. The molecule has 0 aromatic carbocycles. The van der Waals surface area contributed by atoms with E-state index in [-0.39, 0.29) is 6.04 Å². The van der Waals surface area contributed by atoms with Gasteiger partial charge in [0.2, 0.25) is 0 Å². The van der Waals surface area contributed by atoms with Crippen LogP contribution in [0.25, 0.3) is 0 Å². The lowest BCUT2D eigenvalue weighted by Crippen LogP contribution is -2.38. The molecule has 2 atom stereocenters. The first-order chi connectivity index (χ1) is 9.62. The highest BCUT2D eigenvalue weighted by Gasteiger charge is 2.13. The minimum atomic E-state index is 0.164. The van der Waals surface area contributed by atoms with Crippen LogP contribution >= 0.6 is 11.3 Å². The molecule has 0 fully saturated rings. The van der Waals surface area contributed by atoms with Gasteiger partial charge >= 0.3 is 0 Å². The highest BCUT2D eigenvalue weighted by molar-refractivity contribution is 7.09. The molecule has 0 amide bonds. The Bertz CT molecular complexity index is 533. The van der Waals surface area contributed by atoms with Crippen LogP contribution in [0.2, 0.25) is 0 Å². The van der Waals surface area contributed by atoms with Gasteiger partial charge in [0.1, 0.15) is 0 Å². The van der Waals surface area contributed by atoms with Crippen molar-refractivity contribution < 1.29 is 0 Å². The highest BCUT2D eigenvalue weighted by Crippen LogP contribution is 2.13. The zero-order chi connectivity index (χ0) is 14.5. The Morgan fingerprint density at radius 3 is 2.75 bits per heavy atom. The predicted octanol–water partition coefficient (Wildman–Crippen LogP) is 2.24. The fourth-order valence-electron chi connectivity index (χ4n) is 2.12. The molecule has 20 heavy (non-hydrogen) atoms. The quantitative estimate of drug-likeness (QED) is 0.607. The van der Waals surface area contributed by atoms with Crippen molar-refractivity contribution >= 4 is 11.3 Å². The fourth-order valence-corrected chi connectivity index (χ4v) is 2.74. The van der Waals surface area contributed by atoms with Crippen LogP contribution < -0.4 is 11.3 Å². The minimum absolute atomic E-state index is 0.164. The summed E-state index contributed by atoms with van der Waals surface area (Å²) in [5, 5.41) is 7.81. The summed E-state index contributed by atoms with van der Waals surface area (Å²) >= 11 is 1.67. The van der Waals surface area contributed by atoms with Gasteiger partial charge in [-0.05, 0) is 26.3 Å². The molecule has 5 nitrogen and oxygen atoms in total. The number of hydrogen-bond acceptors (Lipinski definition) is 5. The van der Waals surface area contributed by atoms with Gasteiger partial charge in [-0.25, -0.2) is 4.98 Å². The third-order valence-electron chi connectivity index (χ3n) is 3.52. The van der Waals surface area contributed by atoms with Crippen LogP contribution in [0, 0.1) is 6.92 Å². The van der Waals surface area contributed by atoms with Gasteiger partial charge in [0.15, 0.2) is 0 Å². The smallest absolute Gasteiger partial charge is 0.0897 e. The van der Waals surface area contributed by atoms with Crippen molar-refractivity contribution in [1.82, 2.24) is 20.2 Å². The molecule has 6 heteroatoms. The van der Waals surface area contributed by atoms with E-state index in [4.69, 9.17) is 5.84 Å². The Hall–Kier alpha value is -1.24. The summed E-state index contributed by atoms with van der Waals surface area (Å²) in [6, 6.07) is 2.68. The van der Waals surface area contributed by atoms with Crippen LogP contribution in [-0.2, 0) is 12.8 Å². The van der Waals surface area contributed by atoms with Crippen molar-refractivity contribution in [3.63, 3.8) is 0 Å². The third kappa shape index (κ3) is 3.88. The van der Waals surface area contributed by atoms with Crippen LogP contribution in [0.5, 0.6) is 0 Å². The lowest BCUT2D eigenvalue weighted by atomic mass is 10.1. The van der Waals surface area contributed by atoms with Crippen molar-refractivity contribution in [2.24, 2.45) is 5.84 Å². The van der Waals surface area contributed by atoms with Gasteiger partial charge in [-0.15, -0.1) is 11.3 Å². The van der Waals surface area contributed by atoms with Gasteiger partial charge in [-0.1, -0.05) is 6.92 Å². The highest BCUT2D eigenvalue weighted by atomic mass is 32.1. The molecule has 110 valence electrons. The molecule has 0 saturated heterocycles. The molecular formula is C14H23N5S. The summed E-state index contributed by atoms with van der Waals surface area (Å²) in [5.74, 6) is 5.66. The van der Waals surface area contributed by atoms with Crippen LogP contribution in [0.3, 0.4) is 0 Å². The summed E-state index contributed by atoms with van der Waals surface area (Å²) in [6.07, 6.45) is 4.77. The van der Waals surface area contributed by atoms with Crippen molar-refractivity contribution in [2.45, 2.75) is 52.1 Å². The molecule has 2 heterocycles. The summed E-state index contributed by atoms with van der Waals surface area (Å²) in [7, 11) is 0. The number of nitrogens with zero attached hydrogens (tertiary/aromatic N) is 3. The number of nitrogens with one attached hydrogen (secondary N) is 1. The van der Waals surface area contributed by atoms with Crippen molar-refractivity contribution in [2.75, 3.05) is 0 Å². The van der Waals surface area contributed by atoms with Gasteiger partial charge in [-0.3, -0.25) is 16.0 Å². The zero-order valence-electron chi connectivity index (χ0n) is 12.3. The van der Waals surface area contributed by atoms with Gasteiger partial charge < -0.3 is 0 Å². The molecule has 0 radical (unpaired) electrons. The Balaban J connectivity index is 1.97. The molecule has 2 aromatic heterocycles. The van der Waals surface area contributed by atoms with Crippen molar-refractivity contribution in [3.05, 3.63) is 34.0 Å². The monoisotopic (exact) mass is 293 g/mol. The average Bonchev–Trinajstić information content (AvgIpc) is 3.06. The Morgan fingerprint density at radius 2 is 2.15 bits per heavy atom. The van der Waals surface area contributed by atoms with Crippen LogP contribution in [0.1, 0.15) is 42.7 Å². The molecule has 2 rings (SSSR count). The van der Waals surface area contributed by atoms with Gasteiger partial charge in [0, 0.05) is 36.5 Å². The molecule has 2 unspecified atom stereocenters. The zero-order valence-corrected chi connectivity index (χ0v) is 13.2. The lowest BCUT2D eigenvalue weighted by Gasteiger charge is -2.13. The fraction of sp³-hybridized carbons (Fsp3) is 0.571. The van der Waals surface area contributed by atoms with E-state index in [1.165, 1.54) is 0 Å². The van der Waals surface area contributed by atoms with E-state index in [0.717, 1.165) is 35.7 Å². The lowest BCUT2D eigenvalue weighted by molar-refractivity contribution is 0.463. The molecule has 0 aliphatic rings. The van der Waals surface area contributed by atoms with Gasteiger partial charge in [0.25, 0.3) is 0 Å². The van der Waals surface area contributed by atoms with Crippen LogP contribution in [-0.4, -0.2) is 20.8 Å². The Labute approximate surface area is 124 Å². The topological polar surface area (TPSA) is 68.8 Å². The average molecular weight is 293 g/mol. The maximum Gasteiger partial charge on any atom is 0.0897 e. The van der Waals surface area contributed by atoms with E-state index in [1.54, 1.807) is 11.3 Å². The molecule has 0 spiro atoms. The minimum Gasteiger partial charge on any atom is -0.271 e. The Morgan fingerprint density at radius 1 is 1.40 bits per heavy atom. The molecule has 2 aromatic rings. The first-order valence-electron chi connectivity index (χ1n) is 7.03. The summed E-state index contributed by atoms with van der Waals surface area (Å²) in [6.45, 7) is 6.36. The van der Waals surface area contributed by atoms with E-state index in [0.29, 0.717) is 6.04 Å². The second-order valence-corrected chi connectivity index (χ2v) is 6.24. The normalized spacial score (nSPS) is 14.4. The Kier molecular flexibility index (Phi) is 5.28. The molecule has 0 bridgehead atoms. The van der Waals surface area contributed by atoms with Crippen molar-refractivity contribution in [1.29, 1.82) is 0 Å². The van der Waals surface area contributed by atoms with E-state index in [1.807, 2.05) is 17.8 Å². The largest absolute Gasteiger partial charge is 0.271 e. The van der Waals surface area contributed by atoms with Gasteiger partial charge in [0.05, 0.1) is 16.4 Å². The summed E-state index contributed by atoms with van der Waals surface area (Å²) in [4.78, 5) is 4.48. The summed E-state index contributed by atoms with van der Waals surface area (Å²) in [5.41, 5.74) is 5.04. The second-order valence-electron chi connectivity index (χ2n) is 5.17. The standard InChI is InChI=1S/C14H23N5S/c1-4-10(2)19-6-5-12(18-19)7-13(17-15)8-14-9-20-11(3)16-14/h5-6,9-10,13,17H,4,7-8,15H2,1-3H3. The first-order valence-corrected chi connectivity index (χ1v) is 7.91. The number of rotatable bonds is 7. The number of hydrogen-bond donors (Lipinski definition) is 2. The molecular weight excluding hydrogens is 270 g/mol. The summed E-state index contributed by atoms with van der Waals surface area (Å²) < 4.78 is 2.02. The second kappa shape index (κ2) is 6.97. The molecule has 0 aliphatic carbocycles. The maximum absolute atomic E-state index is 5.66. The number of hydrazine groups is 1. The van der Waals surface area contributed by atoms with E-state index < -0.39 is 0 Å². The van der Waals surface area contributed by atoms with E-state index >= 15 is 0 Å². The first kappa shape index (κ1) is 15.2. The van der Waals surface area contributed by atoms with E-state index in [9.17, 15) is 0 Å². The molecule has 3 N–H and O–H groups in total. The third-order valence-corrected chi connectivity index (χ3v) is 4.34. The number of aryl methyl sites for hydroxylation is 1. The van der Waals surface area contributed by atoms with Crippen LogP contribution in [0.15, 0.2) is 17.6 Å².